The monoisotopic (exact) mass is 320 g/mol. The molecule has 1 rings (SSSR count). The molecule has 0 aromatic carbocycles. The number of ether oxygens (including phenoxy) is 2. The Balaban J connectivity index is 2.73. The Hall–Kier alpha value is -1.22. The summed E-state index contributed by atoms with van der Waals surface area (Å²) >= 11 is 0. The fourth-order valence-electron chi connectivity index (χ4n) is 2.30. The predicted molar refractivity (Wildman–Crippen MR) is 73.7 cm³/mol. The zero-order chi connectivity index (χ0) is 16.9. The highest BCUT2D eigenvalue weighted by Crippen LogP contribution is 2.24. The Morgan fingerprint density at radius 1 is 1.14 bits per heavy atom. The molecule has 6 atom stereocenters. The van der Waals surface area contributed by atoms with Crippen LogP contribution in [0, 0.1) is 5.92 Å². The fourth-order valence-corrected chi connectivity index (χ4v) is 2.30. The molecular weight excluding hydrogens is 296 g/mol. The second-order valence-corrected chi connectivity index (χ2v) is 5.42. The zero-order valence-electron chi connectivity index (χ0n) is 12.7. The van der Waals surface area contributed by atoms with Gasteiger partial charge in [-0.15, -0.1) is 0 Å². The van der Waals surface area contributed by atoms with E-state index in [2.05, 4.69) is 0 Å². The molecule has 0 aromatic rings. The van der Waals surface area contributed by atoms with E-state index >= 15 is 0 Å². The van der Waals surface area contributed by atoms with Crippen molar-refractivity contribution in [3.05, 3.63) is 0 Å². The van der Waals surface area contributed by atoms with Crippen molar-refractivity contribution >= 4 is 11.9 Å². The summed E-state index contributed by atoms with van der Waals surface area (Å²) in [5.41, 5.74) is 0. The third-order valence-corrected chi connectivity index (χ3v) is 3.78. The van der Waals surface area contributed by atoms with Crippen molar-refractivity contribution in [3.8, 4) is 0 Å². The molecule has 0 radical (unpaired) electrons. The molecule has 0 bridgehead atoms. The van der Waals surface area contributed by atoms with Gasteiger partial charge in [0.15, 0.2) is 6.10 Å². The Kier molecular flexibility index (Phi) is 7.21. The van der Waals surface area contributed by atoms with Crippen molar-refractivity contribution in [2.75, 3.05) is 0 Å². The Bertz CT molecular complexity index is 385. The molecule has 1 saturated heterocycles. The van der Waals surface area contributed by atoms with Crippen LogP contribution in [-0.4, -0.2) is 63.1 Å². The molecule has 22 heavy (non-hydrogen) atoms. The van der Waals surface area contributed by atoms with E-state index in [4.69, 9.17) is 14.6 Å². The summed E-state index contributed by atoms with van der Waals surface area (Å²) in [6.45, 7) is 3.81. The van der Waals surface area contributed by atoms with Gasteiger partial charge in [0.1, 0.15) is 18.3 Å². The summed E-state index contributed by atoms with van der Waals surface area (Å²) in [6.07, 6.45) is -5.78. The second kappa shape index (κ2) is 8.42. The van der Waals surface area contributed by atoms with Gasteiger partial charge in [0, 0.05) is 0 Å². The number of aliphatic carboxylic acids is 1. The number of hydrogen-bond acceptors (Lipinski definition) is 7. The first kappa shape index (κ1) is 18.8. The Morgan fingerprint density at radius 2 is 1.77 bits per heavy atom. The minimum Gasteiger partial charge on any atom is -0.479 e. The molecule has 0 amide bonds. The fraction of sp³-hybridized carbons (Fsp3) is 0.857. The van der Waals surface area contributed by atoms with Gasteiger partial charge >= 0.3 is 11.9 Å². The summed E-state index contributed by atoms with van der Waals surface area (Å²) in [7, 11) is 0. The van der Waals surface area contributed by atoms with Gasteiger partial charge in [0.25, 0.3) is 0 Å². The standard InChI is InChI=1S/C14H24O8/c1-3-5-6-7(4-2)13(20)22-14-10(17)8(15)9(16)11(21-14)12(18)19/h7-11,14-17H,3-6H2,1-2H3,(H,18,19). The molecule has 1 fully saturated rings. The highest BCUT2D eigenvalue weighted by Gasteiger charge is 2.48. The van der Waals surface area contributed by atoms with Gasteiger partial charge in [0.2, 0.25) is 6.29 Å². The van der Waals surface area contributed by atoms with Crippen LogP contribution < -0.4 is 0 Å². The van der Waals surface area contributed by atoms with Crippen molar-refractivity contribution < 1.29 is 39.5 Å². The van der Waals surface area contributed by atoms with Gasteiger partial charge in [0.05, 0.1) is 5.92 Å². The molecule has 6 unspecified atom stereocenters. The third kappa shape index (κ3) is 4.39. The van der Waals surface area contributed by atoms with Crippen LogP contribution in [0.25, 0.3) is 0 Å². The first-order valence-electron chi connectivity index (χ1n) is 7.46. The predicted octanol–water partition coefficient (Wildman–Crippen LogP) is -0.362. The van der Waals surface area contributed by atoms with Crippen LogP contribution in [0.15, 0.2) is 0 Å². The molecule has 0 saturated carbocycles. The average Bonchev–Trinajstić information content (AvgIpc) is 2.48. The van der Waals surface area contributed by atoms with Crippen molar-refractivity contribution in [3.63, 3.8) is 0 Å². The SMILES string of the molecule is CCCCC(CC)C(=O)OC1OC(C(=O)O)C(O)C(O)C1O. The highest BCUT2D eigenvalue weighted by atomic mass is 16.7. The first-order chi connectivity index (χ1) is 10.3. The van der Waals surface area contributed by atoms with Gasteiger partial charge in [-0.25, -0.2) is 4.79 Å². The minimum absolute atomic E-state index is 0.386. The van der Waals surface area contributed by atoms with Gasteiger partial charge < -0.3 is 29.9 Å². The number of unbranched alkanes of at least 4 members (excludes halogenated alkanes) is 1. The number of carboxylic acids is 1. The van der Waals surface area contributed by atoms with Gasteiger partial charge in [-0.2, -0.15) is 0 Å². The normalized spacial score (nSPS) is 33.2. The van der Waals surface area contributed by atoms with Gasteiger partial charge in [-0.05, 0) is 12.8 Å². The summed E-state index contributed by atoms with van der Waals surface area (Å²) in [5, 5.41) is 37.9. The van der Waals surface area contributed by atoms with Crippen LogP contribution in [0.3, 0.4) is 0 Å². The van der Waals surface area contributed by atoms with E-state index in [1.54, 1.807) is 0 Å². The van der Waals surface area contributed by atoms with Crippen LogP contribution in [0.4, 0.5) is 0 Å². The van der Waals surface area contributed by atoms with Crippen molar-refractivity contribution in [2.24, 2.45) is 5.92 Å². The summed E-state index contributed by atoms with van der Waals surface area (Å²) in [4.78, 5) is 23.0. The third-order valence-electron chi connectivity index (χ3n) is 3.78. The number of carboxylic acid groups (broad SMARTS) is 1. The molecule has 0 aromatic heterocycles. The molecule has 8 nitrogen and oxygen atoms in total. The number of hydrogen-bond donors (Lipinski definition) is 4. The van der Waals surface area contributed by atoms with E-state index in [9.17, 15) is 24.9 Å². The molecule has 128 valence electrons. The summed E-state index contributed by atoms with van der Waals surface area (Å²) < 4.78 is 9.92. The quantitative estimate of drug-likeness (QED) is 0.467. The summed E-state index contributed by atoms with van der Waals surface area (Å²) in [5.74, 6) is -2.52. The Labute approximate surface area is 128 Å². The van der Waals surface area contributed by atoms with E-state index in [0.717, 1.165) is 12.8 Å². The van der Waals surface area contributed by atoms with E-state index in [1.165, 1.54) is 0 Å². The largest absolute Gasteiger partial charge is 0.479 e. The van der Waals surface area contributed by atoms with Gasteiger partial charge in [-0.1, -0.05) is 26.7 Å². The lowest BCUT2D eigenvalue weighted by Gasteiger charge is -2.38. The van der Waals surface area contributed by atoms with E-state index in [-0.39, 0.29) is 5.92 Å². The lowest BCUT2D eigenvalue weighted by molar-refractivity contribution is -0.287. The van der Waals surface area contributed by atoms with Crippen molar-refractivity contribution in [1.29, 1.82) is 0 Å². The van der Waals surface area contributed by atoms with Crippen molar-refractivity contribution in [1.82, 2.24) is 0 Å². The maximum atomic E-state index is 12.1. The van der Waals surface area contributed by atoms with Crippen LogP contribution in [0.5, 0.6) is 0 Å². The lowest BCUT2D eigenvalue weighted by Crippen LogP contribution is -2.60. The number of carbonyl (C=O) groups excluding carboxylic acids is 1. The number of aliphatic hydroxyl groups excluding tert-OH is 3. The maximum Gasteiger partial charge on any atom is 0.335 e. The number of carbonyl (C=O) groups is 2. The molecule has 0 aliphatic carbocycles. The molecule has 1 aliphatic heterocycles. The second-order valence-electron chi connectivity index (χ2n) is 5.42. The number of esters is 1. The van der Waals surface area contributed by atoms with Crippen LogP contribution in [-0.2, 0) is 19.1 Å². The summed E-state index contributed by atoms with van der Waals surface area (Å²) in [6, 6.07) is 0. The lowest BCUT2D eigenvalue weighted by atomic mass is 9.98. The van der Waals surface area contributed by atoms with Crippen LogP contribution >= 0.6 is 0 Å². The first-order valence-corrected chi connectivity index (χ1v) is 7.46. The Morgan fingerprint density at radius 3 is 2.27 bits per heavy atom. The molecule has 8 heteroatoms. The van der Waals surface area contributed by atoms with Crippen molar-refractivity contribution in [2.45, 2.75) is 70.2 Å². The van der Waals surface area contributed by atoms with Crippen LogP contribution in [0.1, 0.15) is 39.5 Å². The topological polar surface area (TPSA) is 134 Å². The smallest absolute Gasteiger partial charge is 0.335 e. The molecule has 0 spiro atoms. The van der Waals surface area contributed by atoms with Gasteiger partial charge in [-0.3, -0.25) is 4.79 Å². The molecule has 1 heterocycles. The average molecular weight is 320 g/mol. The molecular formula is C14H24O8. The maximum absolute atomic E-state index is 12.1. The molecule has 1 aliphatic rings. The number of aliphatic hydroxyl groups is 3. The van der Waals surface area contributed by atoms with E-state index in [0.29, 0.717) is 12.8 Å². The number of rotatable bonds is 7. The minimum atomic E-state index is -1.80. The van der Waals surface area contributed by atoms with Crippen LogP contribution in [0.2, 0.25) is 0 Å². The zero-order valence-corrected chi connectivity index (χ0v) is 12.7. The van der Waals surface area contributed by atoms with E-state index in [1.807, 2.05) is 13.8 Å². The van der Waals surface area contributed by atoms with E-state index < -0.39 is 42.6 Å². The molecule has 4 N–H and O–H groups in total. The highest BCUT2D eigenvalue weighted by molar-refractivity contribution is 5.74.